The summed E-state index contributed by atoms with van der Waals surface area (Å²) in [5, 5.41) is 3.25. The van der Waals surface area contributed by atoms with Crippen LogP contribution in [0.1, 0.15) is 33.1 Å². The number of nitrogens with zero attached hydrogens (tertiary/aromatic N) is 1. The Labute approximate surface area is 97.3 Å². The van der Waals surface area contributed by atoms with Crippen LogP contribution in [-0.2, 0) is 9.53 Å². The number of carbonyl (C=O) groups is 1. The Hall–Kier alpha value is -0.610. The van der Waals surface area contributed by atoms with Gasteiger partial charge in [-0.1, -0.05) is 6.92 Å². The van der Waals surface area contributed by atoms with E-state index in [2.05, 4.69) is 19.2 Å². The number of likely N-dealkylation sites (tertiary alicyclic amines) is 1. The molecule has 0 radical (unpaired) electrons. The van der Waals surface area contributed by atoms with E-state index in [1.54, 1.807) is 0 Å². The zero-order valence-corrected chi connectivity index (χ0v) is 10.2. The number of morpholine rings is 1. The molecule has 0 spiro atoms. The molecular formula is C12H22N2O2. The molecule has 2 aliphatic rings. The van der Waals surface area contributed by atoms with Gasteiger partial charge in [0.05, 0.1) is 18.8 Å². The van der Waals surface area contributed by atoms with Crippen LogP contribution in [0.5, 0.6) is 0 Å². The van der Waals surface area contributed by atoms with Crippen LogP contribution >= 0.6 is 0 Å². The fourth-order valence-electron chi connectivity index (χ4n) is 2.34. The van der Waals surface area contributed by atoms with E-state index in [4.69, 9.17) is 4.74 Å². The van der Waals surface area contributed by atoms with E-state index in [0.717, 1.165) is 32.4 Å². The zero-order chi connectivity index (χ0) is 11.5. The highest BCUT2D eigenvalue weighted by Gasteiger charge is 2.35. The van der Waals surface area contributed by atoms with Gasteiger partial charge in [0.25, 0.3) is 0 Å². The van der Waals surface area contributed by atoms with Gasteiger partial charge in [-0.2, -0.15) is 0 Å². The normalized spacial score (nSPS) is 30.5. The monoisotopic (exact) mass is 226 g/mol. The van der Waals surface area contributed by atoms with E-state index in [9.17, 15) is 4.79 Å². The van der Waals surface area contributed by atoms with Crippen molar-refractivity contribution in [2.45, 2.75) is 51.4 Å². The molecule has 0 aliphatic carbocycles. The van der Waals surface area contributed by atoms with E-state index in [0.29, 0.717) is 24.8 Å². The van der Waals surface area contributed by atoms with Crippen LogP contribution in [0.15, 0.2) is 0 Å². The van der Waals surface area contributed by atoms with Gasteiger partial charge in [-0.15, -0.1) is 0 Å². The van der Waals surface area contributed by atoms with Gasteiger partial charge in [0.2, 0.25) is 5.91 Å². The average Bonchev–Trinajstić information content (AvgIpc) is 2.64. The van der Waals surface area contributed by atoms with E-state index >= 15 is 0 Å². The number of carbonyl (C=O) groups excluding carboxylic acids is 1. The lowest BCUT2D eigenvalue weighted by atomic mass is 10.2. The van der Waals surface area contributed by atoms with Gasteiger partial charge in [0.1, 0.15) is 0 Å². The molecule has 2 saturated heterocycles. The second kappa shape index (κ2) is 5.15. The Morgan fingerprint density at radius 1 is 1.44 bits per heavy atom. The van der Waals surface area contributed by atoms with Gasteiger partial charge in [-0.3, -0.25) is 4.79 Å². The lowest BCUT2D eigenvalue weighted by molar-refractivity contribution is -0.139. The lowest BCUT2D eigenvalue weighted by Gasteiger charge is -2.32. The van der Waals surface area contributed by atoms with Crippen LogP contribution in [-0.4, -0.2) is 48.7 Å². The standard InChI is InChI=1S/C12H22N2O2/c1-3-9(2)13-6-12(15)14-7-10-4-5-11(8-14)16-10/h9-11,13H,3-8H2,1-2H3. The largest absolute Gasteiger partial charge is 0.371 e. The number of hydrogen-bond donors (Lipinski definition) is 1. The van der Waals surface area contributed by atoms with Gasteiger partial charge in [-0.05, 0) is 26.2 Å². The molecule has 1 amide bonds. The summed E-state index contributed by atoms with van der Waals surface area (Å²) in [4.78, 5) is 13.9. The van der Waals surface area contributed by atoms with Crippen molar-refractivity contribution in [2.24, 2.45) is 0 Å². The number of nitrogens with one attached hydrogen (secondary N) is 1. The molecule has 2 rings (SSSR count). The van der Waals surface area contributed by atoms with Crippen molar-refractivity contribution in [2.75, 3.05) is 19.6 Å². The molecule has 4 heteroatoms. The second-order valence-corrected chi connectivity index (χ2v) is 4.95. The topological polar surface area (TPSA) is 41.6 Å². The van der Waals surface area contributed by atoms with Crippen LogP contribution in [0.2, 0.25) is 0 Å². The fraction of sp³-hybridized carbons (Fsp3) is 0.917. The van der Waals surface area contributed by atoms with Crippen molar-refractivity contribution >= 4 is 5.91 Å². The first-order valence-corrected chi connectivity index (χ1v) is 6.35. The average molecular weight is 226 g/mol. The van der Waals surface area contributed by atoms with Crippen molar-refractivity contribution < 1.29 is 9.53 Å². The smallest absolute Gasteiger partial charge is 0.236 e. The molecule has 2 fully saturated rings. The highest BCUT2D eigenvalue weighted by Crippen LogP contribution is 2.25. The van der Waals surface area contributed by atoms with Gasteiger partial charge in [0, 0.05) is 19.1 Å². The first kappa shape index (κ1) is 11.9. The third-order valence-corrected chi connectivity index (χ3v) is 3.61. The fourth-order valence-corrected chi connectivity index (χ4v) is 2.34. The van der Waals surface area contributed by atoms with E-state index in [-0.39, 0.29) is 5.91 Å². The van der Waals surface area contributed by atoms with Crippen LogP contribution in [0.4, 0.5) is 0 Å². The molecule has 2 aliphatic heterocycles. The quantitative estimate of drug-likeness (QED) is 0.769. The molecule has 92 valence electrons. The van der Waals surface area contributed by atoms with Crippen LogP contribution in [0.25, 0.3) is 0 Å². The third kappa shape index (κ3) is 2.74. The number of amides is 1. The molecule has 0 saturated carbocycles. The lowest BCUT2D eigenvalue weighted by Crippen LogP contribution is -2.49. The molecule has 3 unspecified atom stereocenters. The SMILES string of the molecule is CCC(C)NCC(=O)N1CC2CCC(C1)O2. The first-order chi connectivity index (χ1) is 7.69. The minimum atomic E-state index is 0.223. The first-order valence-electron chi connectivity index (χ1n) is 6.35. The van der Waals surface area contributed by atoms with Gasteiger partial charge >= 0.3 is 0 Å². The number of hydrogen-bond acceptors (Lipinski definition) is 3. The number of fused-ring (bicyclic) bond motifs is 2. The van der Waals surface area contributed by atoms with Crippen LogP contribution < -0.4 is 5.32 Å². The predicted octanol–water partition coefficient (Wildman–Crippen LogP) is 0.764. The number of rotatable bonds is 4. The molecule has 0 aromatic rings. The number of ether oxygens (including phenoxy) is 1. The zero-order valence-electron chi connectivity index (χ0n) is 10.2. The predicted molar refractivity (Wildman–Crippen MR) is 62.2 cm³/mol. The van der Waals surface area contributed by atoms with Crippen molar-refractivity contribution in [3.8, 4) is 0 Å². The molecule has 4 nitrogen and oxygen atoms in total. The maximum Gasteiger partial charge on any atom is 0.236 e. The van der Waals surface area contributed by atoms with Gasteiger partial charge in [-0.25, -0.2) is 0 Å². The molecule has 0 aromatic carbocycles. The summed E-state index contributed by atoms with van der Waals surface area (Å²) >= 11 is 0. The summed E-state index contributed by atoms with van der Waals surface area (Å²) in [6.45, 7) is 6.27. The van der Waals surface area contributed by atoms with Crippen molar-refractivity contribution in [3.05, 3.63) is 0 Å². The molecule has 2 heterocycles. The van der Waals surface area contributed by atoms with Crippen LogP contribution in [0.3, 0.4) is 0 Å². The Kier molecular flexibility index (Phi) is 3.82. The van der Waals surface area contributed by atoms with E-state index < -0.39 is 0 Å². The van der Waals surface area contributed by atoms with Crippen molar-refractivity contribution in [1.82, 2.24) is 10.2 Å². The van der Waals surface area contributed by atoms with E-state index in [1.807, 2.05) is 4.90 Å². The molecule has 16 heavy (non-hydrogen) atoms. The molecular weight excluding hydrogens is 204 g/mol. The van der Waals surface area contributed by atoms with Crippen molar-refractivity contribution in [1.29, 1.82) is 0 Å². The highest BCUT2D eigenvalue weighted by molar-refractivity contribution is 5.78. The maximum atomic E-state index is 11.9. The minimum absolute atomic E-state index is 0.223. The molecule has 3 atom stereocenters. The summed E-state index contributed by atoms with van der Waals surface area (Å²) < 4.78 is 5.71. The van der Waals surface area contributed by atoms with Crippen molar-refractivity contribution in [3.63, 3.8) is 0 Å². The summed E-state index contributed by atoms with van der Waals surface area (Å²) in [6.07, 6.45) is 3.89. The van der Waals surface area contributed by atoms with Crippen LogP contribution in [0, 0.1) is 0 Å². The Bertz CT molecular complexity index is 245. The summed E-state index contributed by atoms with van der Waals surface area (Å²) in [7, 11) is 0. The van der Waals surface area contributed by atoms with Gasteiger partial charge in [0.15, 0.2) is 0 Å². The Morgan fingerprint density at radius 3 is 2.62 bits per heavy atom. The summed E-state index contributed by atoms with van der Waals surface area (Å²) in [5.41, 5.74) is 0. The molecule has 1 N–H and O–H groups in total. The Balaban J connectivity index is 1.77. The molecule has 0 aromatic heterocycles. The Morgan fingerprint density at radius 2 is 2.06 bits per heavy atom. The van der Waals surface area contributed by atoms with Gasteiger partial charge < -0.3 is 15.0 Å². The minimum Gasteiger partial charge on any atom is -0.371 e. The van der Waals surface area contributed by atoms with E-state index in [1.165, 1.54) is 0 Å². The third-order valence-electron chi connectivity index (χ3n) is 3.61. The second-order valence-electron chi connectivity index (χ2n) is 4.95. The molecule has 2 bridgehead atoms. The highest BCUT2D eigenvalue weighted by atomic mass is 16.5. The maximum absolute atomic E-state index is 11.9. The summed E-state index contributed by atoms with van der Waals surface area (Å²) in [5.74, 6) is 0.223. The summed E-state index contributed by atoms with van der Waals surface area (Å²) in [6, 6.07) is 0.418.